The Bertz CT molecular complexity index is 1280. The van der Waals surface area contributed by atoms with Gasteiger partial charge in [-0.2, -0.15) is 18.3 Å². The van der Waals surface area contributed by atoms with Crippen LogP contribution in [0.15, 0.2) is 36.7 Å². The first-order valence-electron chi connectivity index (χ1n) is 9.50. The summed E-state index contributed by atoms with van der Waals surface area (Å²) in [6, 6.07) is 7.03. The van der Waals surface area contributed by atoms with Crippen molar-refractivity contribution < 1.29 is 17.6 Å². The number of hydrogen-bond donors (Lipinski definition) is 1. The lowest BCUT2D eigenvalue weighted by Crippen LogP contribution is -2.18. The molecule has 0 atom stereocenters. The summed E-state index contributed by atoms with van der Waals surface area (Å²) < 4.78 is 54.3. The van der Waals surface area contributed by atoms with E-state index in [0.717, 1.165) is 15.8 Å². The van der Waals surface area contributed by atoms with E-state index in [0.29, 0.717) is 11.3 Å². The van der Waals surface area contributed by atoms with Crippen molar-refractivity contribution in [3.8, 4) is 22.8 Å². The first kappa shape index (κ1) is 21.4. The van der Waals surface area contributed by atoms with Crippen molar-refractivity contribution in [2.75, 3.05) is 5.73 Å². The van der Waals surface area contributed by atoms with Crippen molar-refractivity contribution in [1.29, 1.82) is 0 Å². The lowest BCUT2D eigenvalue weighted by molar-refractivity contribution is -0.142. The minimum atomic E-state index is -4.37. The summed E-state index contributed by atoms with van der Waals surface area (Å²) in [5.41, 5.74) is 8.77. The summed E-state index contributed by atoms with van der Waals surface area (Å²) in [4.78, 5) is 8.38. The van der Waals surface area contributed by atoms with Gasteiger partial charge in [-0.3, -0.25) is 4.68 Å². The highest BCUT2D eigenvalue weighted by Crippen LogP contribution is 2.28. The molecule has 0 bridgehead atoms. The van der Waals surface area contributed by atoms with E-state index in [9.17, 15) is 17.6 Å². The molecule has 8 nitrogen and oxygen atoms in total. The first-order valence-corrected chi connectivity index (χ1v) is 9.50. The molecule has 166 valence electrons. The number of nitrogen functional groups attached to an aromatic ring is 1. The molecule has 1 aromatic carbocycles. The van der Waals surface area contributed by atoms with Crippen molar-refractivity contribution in [3.63, 3.8) is 0 Å². The van der Waals surface area contributed by atoms with E-state index >= 15 is 0 Å². The Labute approximate surface area is 179 Å². The van der Waals surface area contributed by atoms with Crippen LogP contribution in [0.3, 0.4) is 0 Å². The number of benzene rings is 1. The van der Waals surface area contributed by atoms with Gasteiger partial charge < -0.3 is 5.73 Å². The minimum Gasteiger partial charge on any atom is -0.381 e. The number of aromatic nitrogens is 7. The fourth-order valence-corrected chi connectivity index (χ4v) is 3.16. The molecule has 0 aliphatic rings. The van der Waals surface area contributed by atoms with Crippen LogP contribution in [-0.2, 0) is 13.1 Å². The molecule has 0 fully saturated rings. The molecule has 12 heteroatoms. The van der Waals surface area contributed by atoms with Crippen LogP contribution in [0, 0.1) is 19.7 Å². The van der Waals surface area contributed by atoms with Crippen LogP contribution in [0.5, 0.6) is 0 Å². The molecule has 3 heterocycles. The molecule has 0 radical (unpaired) electrons. The maximum Gasteiger partial charge on any atom is 0.408 e. The van der Waals surface area contributed by atoms with Crippen molar-refractivity contribution >= 4 is 5.82 Å². The maximum atomic E-state index is 14.7. The Morgan fingerprint density at radius 2 is 1.84 bits per heavy atom. The number of nitrogens with zero attached hydrogens (tertiary/aromatic N) is 7. The molecule has 0 aliphatic carbocycles. The molecule has 0 aliphatic heterocycles. The Hall–Kier alpha value is -3.83. The zero-order chi connectivity index (χ0) is 23.0. The third-order valence-electron chi connectivity index (χ3n) is 4.86. The summed E-state index contributed by atoms with van der Waals surface area (Å²) in [5.74, 6) is -0.910. The van der Waals surface area contributed by atoms with Gasteiger partial charge in [0.25, 0.3) is 0 Å². The summed E-state index contributed by atoms with van der Waals surface area (Å²) in [6.45, 7) is 2.70. The molecule has 0 amide bonds. The van der Waals surface area contributed by atoms with Gasteiger partial charge in [0.05, 0.1) is 18.4 Å². The molecule has 4 rings (SSSR count). The zero-order valence-corrected chi connectivity index (χ0v) is 17.1. The monoisotopic (exact) mass is 446 g/mol. The van der Waals surface area contributed by atoms with Crippen LogP contribution in [-0.4, -0.2) is 40.9 Å². The highest BCUT2D eigenvalue weighted by atomic mass is 19.4. The van der Waals surface area contributed by atoms with E-state index < -0.39 is 18.5 Å². The molecule has 3 aromatic heterocycles. The normalized spacial score (nSPS) is 11.8. The molecule has 0 saturated heterocycles. The van der Waals surface area contributed by atoms with E-state index in [2.05, 4.69) is 25.4 Å². The summed E-state index contributed by atoms with van der Waals surface area (Å²) in [5, 5.41) is 11.7. The van der Waals surface area contributed by atoms with Crippen molar-refractivity contribution in [1.82, 2.24) is 34.7 Å². The molecular weight excluding hydrogens is 428 g/mol. The van der Waals surface area contributed by atoms with Crippen LogP contribution in [0.2, 0.25) is 0 Å². The third kappa shape index (κ3) is 4.43. The van der Waals surface area contributed by atoms with Gasteiger partial charge >= 0.3 is 6.18 Å². The summed E-state index contributed by atoms with van der Waals surface area (Å²) in [7, 11) is 0. The first-order chi connectivity index (χ1) is 15.1. The number of alkyl halides is 3. The second-order valence-corrected chi connectivity index (χ2v) is 7.26. The highest BCUT2D eigenvalue weighted by molar-refractivity contribution is 5.67. The van der Waals surface area contributed by atoms with Crippen LogP contribution in [0.1, 0.15) is 16.8 Å². The standard InChI is InChI=1S/C20H18F4N8/c1-11-4-3-5-14(12(11)2)19-26-17(16(21)18(25)27-19)15-9-32(30-28-15)8-13-6-7-31(29-13)10-20(22,23)24/h3-7,9H,8,10H2,1-2H3,(H2,25,26,27). The number of nitrogens with two attached hydrogens (primary N) is 1. The van der Waals surface area contributed by atoms with E-state index in [1.165, 1.54) is 23.1 Å². The third-order valence-corrected chi connectivity index (χ3v) is 4.86. The second-order valence-electron chi connectivity index (χ2n) is 7.26. The Morgan fingerprint density at radius 3 is 2.59 bits per heavy atom. The number of aryl methyl sites for hydroxylation is 1. The lowest BCUT2D eigenvalue weighted by atomic mass is 10.0. The molecule has 2 N–H and O–H groups in total. The number of anilines is 1. The number of hydrogen-bond acceptors (Lipinski definition) is 6. The van der Waals surface area contributed by atoms with Crippen LogP contribution in [0.4, 0.5) is 23.4 Å². The zero-order valence-electron chi connectivity index (χ0n) is 17.1. The highest BCUT2D eigenvalue weighted by Gasteiger charge is 2.28. The number of rotatable bonds is 5. The molecule has 0 spiro atoms. The SMILES string of the molecule is Cc1cccc(-c2nc(N)c(F)c(-c3cn(Cc4ccn(CC(F)(F)F)n4)nn3)n2)c1C. The molecule has 32 heavy (non-hydrogen) atoms. The van der Waals surface area contributed by atoms with Gasteiger partial charge in [-0.15, -0.1) is 5.10 Å². The van der Waals surface area contributed by atoms with Crippen LogP contribution in [0.25, 0.3) is 22.8 Å². The van der Waals surface area contributed by atoms with E-state index in [1.54, 1.807) is 0 Å². The number of halogens is 4. The van der Waals surface area contributed by atoms with E-state index in [-0.39, 0.29) is 29.6 Å². The quantitative estimate of drug-likeness (QED) is 0.471. The van der Waals surface area contributed by atoms with Crippen molar-refractivity contribution in [3.05, 3.63) is 59.3 Å². The van der Waals surface area contributed by atoms with Crippen LogP contribution >= 0.6 is 0 Å². The average Bonchev–Trinajstić information content (AvgIpc) is 3.34. The van der Waals surface area contributed by atoms with E-state index in [4.69, 9.17) is 5.73 Å². The Balaban J connectivity index is 1.63. The van der Waals surface area contributed by atoms with Crippen molar-refractivity contribution in [2.45, 2.75) is 33.1 Å². The maximum absolute atomic E-state index is 14.7. The minimum absolute atomic E-state index is 0.0455. The second kappa shape index (κ2) is 8.02. The van der Waals surface area contributed by atoms with Crippen LogP contribution < -0.4 is 5.73 Å². The van der Waals surface area contributed by atoms with Gasteiger partial charge in [-0.05, 0) is 31.0 Å². The predicted molar refractivity (Wildman–Crippen MR) is 108 cm³/mol. The topological polar surface area (TPSA) is 100 Å². The lowest BCUT2D eigenvalue weighted by Gasteiger charge is -2.10. The molecule has 4 aromatic rings. The fourth-order valence-electron chi connectivity index (χ4n) is 3.16. The average molecular weight is 446 g/mol. The Kier molecular flexibility index (Phi) is 5.36. The van der Waals surface area contributed by atoms with Gasteiger partial charge in [0.2, 0.25) is 0 Å². The molecular formula is C20H18F4N8. The summed E-state index contributed by atoms with van der Waals surface area (Å²) in [6.07, 6.45) is -1.73. The molecule has 0 unspecified atom stereocenters. The Morgan fingerprint density at radius 1 is 1.06 bits per heavy atom. The largest absolute Gasteiger partial charge is 0.408 e. The predicted octanol–water partition coefficient (Wildman–Crippen LogP) is 3.55. The van der Waals surface area contributed by atoms with Gasteiger partial charge in [0.1, 0.15) is 17.9 Å². The smallest absolute Gasteiger partial charge is 0.381 e. The van der Waals surface area contributed by atoms with Gasteiger partial charge in [0.15, 0.2) is 17.5 Å². The van der Waals surface area contributed by atoms with Gasteiger partial charge in [-0.25, -0.2) is 19.0 Å². The van der Waals surface area contributed by atoms with Gasteiger partial charge in [0, 0.05) is 11.8 Å². The molecule has 0 saturated carbocycles. The fraction of sp³-hybridized carbons (Fsp3) is 0.250. The van der Waals surface area contributed by atoms with Gasteiger partial charge in [-0.1, -0.05) is 23.4 Å². The van der Waals surface area contributed by atoms with E-state index in [1.807, 2.05) is 32.0 Å². The van der Waals surface area contributed by atoms with Crippen molar-refractivity contribution in [2.24, 2.45) is 0 Å². The summed E-state index contributed by atoms with van der Waals surface area (Å²) >= 11 is 0.